The topological polar surface area (TPSA) is 27.7 Å². The van der Waals surface area contributed by atoms with Crippen LogP contribution in [0.25, 0.3) is 0 Å². The van der Waals surface area contributed by atoms with Crippen LogP contribution in [0.3, 0.4) is 0 Å². The summed E-state index contributed by atoms with van der Waals surface area (Å²) in [5.41, 5.74) is 1.86. The average Bonchev–Trinajstić information content (AvgIpc) is 2.97. The number of hydrogen-bond acceptors (Lipinski definition) is 3. The molecule has 0 bridgehead atoms. The van der Waals surface area contributed by atoms with E-state index in [0.29, 0.717) is 5.56 Å². The van der Waals surface area contributed by atoms with Crippen LogP contribution in [0.1, 0.15) is 72.1 Å². The molecule has 1 aliphatic carbocycles. The molecular weight excluding hydrogens is 358 g/mol. The molecule has 1 aromatic rings. The molecule has 0 radical (unpaired) electrons. The van der Waals surface area contributed by atoms with Crippen LogP contribution in [-0.4, -0.2) is 26.6 Å². The lowest BCUT2D eigenvalue weighted by Crippen LogP contribution is -2.41. The summed E-state index contributed by atoms with van der Waals surface area (Å²) in [5.74, 6) is -0.175. The summed E-state index contributed by atoms with van der Waals surface area (Å²) in [6.45, 7) is 19.3. The highest BCUT2D eigenvalue weighted by Gasteiger charge is 2.53. The number of hydrogen-bond donors (Lipinski definition) is 0. The van der Waals surface area contributed by atoms with Gasteiger partial charge in [-0.05, 0) is 75.8 Å². The van der Waals surface area contributed by atoms with Gasteiger partial charge in [0.25, 0.3) is 0 Å². The number of halogens is 1. The Morgan fingerprint density at radius 1 is 1.11 bits per heavy atom. The molecule has 1 saturated heterocycles. The van der Waals surface area contributed by atoms with E-state index in [1.807, 2.05) is 33.8 Å². The Hall–Kier alpha value is -0.688. The lowest BCUT2D eigenvalue weighted by atomic mass is 9.75. The van der Waals surface area contributed by atoms with E-state index in [2.05, 4.69) is 33.9 Å². The maximum atomic E-state index is 14.8. The van der Waals surface area contributed by atoms with Crippen LogP contribution in [0.5, 0.6) is 0 Å². The zero-order valence-electron chi connectivity index (χ0n) is 18.3. The van der Waals surface area contributed by atoms with Crippen molar-refractivity contribution in [1.29, 1.82) is 0 Å². The minimum Gasteiger partial charge on any atom is -0.410 e. The molecule has 3 rings (SSSR count). The van der Waals surface area contributed by atoms with Crippen LogP contribution in [-0.2, 0) is 20.2 Å². The Kier molecular flexibility index (Phi) is 4.99. The van der Waals surface area contributed by atoms with Crippen LogP contribution in [0.15, 0.2) is 12.1 Å². The average molecular weight is 392 g/mol. The van der Waals surface area contributed by atoms with Crippen molar-refractivity contribution in [2.75, 3.05) is 0 Å². The molecule has 3 nitrogen and oxygen atoms in total. The van der Waals surface area contributed by atoms with Crippen LogP contribution >= 0.6 is 0 Å². The SMILES string of the molecule is CC1(C)OB(c2ccc(F)c3c2CCC3O[Si](C)(C)C(C)(C)C)OC1(C)C. The highest BCUT2D eigenvalue weighted by atomic mass is 28.4. The third-order valence-corrected chi connectivity index (χ3v) is 11.6. The van der Waals surface area contributed by atoms with E-state index in [9.17, 15) is 4.39 Å². The van der Waals surface area contributed by atoms with Crippen LogP contribution in [0, 0.1) is 5.82 Å². The second kappa shape index (κ2) is 6.41. The monoisotopic (exact) mass is 392 g/mol. The first kappa shape index (κ1) is 21.0. The fraction of sp³-hybridized carbons (Fsp3) is 0.714. The van der Waals surface area contributed by atoms with E-state index in [0.717, 1.165) is 23.9 Å². The summed E-state index contributed by atoms with van der Waals surface area (Å²) in [7, 11) is -2.45. The molecule has 2 aliphatic rings. The molecule has 1 heterocycles. The summed E-state index contributed by atoms with van der Waals surface area (Å²) in [5, 5.41) is 0.0928. The molecule has 0 saturated carbocycles. The van der Waals surface area contributed by atoms with E-state index in [4.69, 9.17) is 13.7 Å². The lowest BCUT2D eigenvalue weighted by molar-refractivity contribution is 0.00578. The van der Waals surface area contributed by atoms with Crippen molar-refractivity contribution in [3.8, 4) is 0 Å². The van der Waals surface area contributed by atoms with E-state index in [1.165, 1.54) is 0 Å². The molecule has 27 heavy (non-hydrogen) atoms. The quantitative estimate of drug-likeness (QED) is 0.667. The molecule has 1 unspecified atom stereocenters. The van der Waals surface area contributed by atoms with Crippen molar-refractivity contribution in [2.45, 2.75) is 96.7 Å². The second-order valence-corrected chi connectivity index (χ2v) is 15.3. The van der Waals surface area contributed by atoms with Gasteiger partial charge in [0, 0.05) is 5.56 Å². The Bertz CT molecular complexity index is 724. The van der Waals surface area contributed by atoms with Crippen molar-refractivity contribution in [1.82, 2.24) is 0 Å². The van der Waals surface area contributed by atoms with Gasteiger partial charge in [0.05, 0.1) is 17.3 Å². The van der Waals surface area contributed by atoms with E-state index in [1.54, 1.807) is 6.07 Å². The largest absolute Gasteiger partial charge is 0.495 e. The molecule has 1 aromatic carbocycles. The molecule has 0 spiro atoms. The Labute approximate surface area is 165 Å². The first-order valence-electron chi connectivity index (χ1n) is 10.0. The smallest absolute Gasteiger partial charge is 0.410 e. The van der Waals surface area contributed by atoms with E-state index < -0.39 is 26.6 Å². The Balaban J connectivity index is 1.94. The summed E-state index contributed by atoms with van der Waals surface area (Å²) in [6.07, 6.45) is 1.43. The second-order valence-electron chi connectivity index (χ2n) is 10.5. The van der Waals surface area contributed by atoms with Gasteiger partial charge in [0.15, 0.2) is 8.32 Å². The normalized spacial score (nSPS) is 24.4. The van der Waals surface area contributed by atoms with Gasteiger partial charge in [-0.25, -0.2) is 4.39 Å². The summed E-state index contributed by atoms with van der Waals surface area (Å²) in [4.78, 5) is 0. The molecule has 6 heteroatoms. The molecule has 1 aliphatic heterocycles. The van der Waals surface area contributed by atoms with Gasteiger partial charge < -0.3 is 13.7 Å². The first-order valence-corrected chi connectivity index (χ1v) is 12.9. The lowest BCUT2D eigenvalue weighted by Gasteiger charge is -2.38. The maximum absolute atomic E-state index is 14.8. The standard InChI is InChI=1S/C21H34BFO3Si/c1-19(2,3)27(8,9)24-17-13-10-14-15(11-12-16(23)18(14)17)22-25-20(4,5)21(6,7)26-22/h11-12,17H,10,13H2,1-9H3. The van der Waals surface area contributed by atoms with Gasteiger partial charge in [0.2, 0.25) is 0 Å². The minimum atomic E-state index is -1.99. The minimum absolute atomic E-state index is 0.0928. The van der Waals surface area contributed by atoms with Gasteiger partial charge in [-0.15, -0.1) is 0 Å². The van der Waals surface area contributed by atoms with E-state index >= 15 is 0 Å². The third-order valence-electron chi connectivity index (χ3n) is 7.07. The molecular formula is C21H34BFO3Si. The zero-order chi connectivity index (χ0) is 20.4. The highest BCUT2D eigenvalue weighted by Crippen LogP contribution is 2.44. The summed E-state index contributed by atoms with van der Waals surface area (Å²) < 4.78 is 33.9. The summed E-state index contributed by atoms with van der Waals surface area (Å²) in [6, 6.07) is 3.37. The molecule has 1 fully saturated rings. The van der Waals surface area contributed by atoms with Crippen molar-refractivity contribution < 1.29 is 18.1 Å². The first-order chi connectivity index (χ1) is 12.2. The predicted octanol–water partition coefficient (Wildman–Crippen LogP) is 5.13. The van der Waals surface area contributed by atoms with Crippen molar-refractivity contribution >= 4 is 20.9 Å². The van der Waals surface area contributed by atoms with Crippen LogP contribution < -0.4 is 5.46 Å². The van der Waals surface area contributed by atoms with Crippen LogP contribution in [0.4, 0.5) is 4.39 Å². The molecule has 1 atom stereocenters. The van der Waals surface area contributed by atoms with E-state index in [-0.39, 0.29) is 17.0 Å². The molecule has 150 valence electrons. The van der Waals surface area contributed by atoms with Crippen molar-refractivity contribution in [2.24, 2.45) is 0 Å². The Morgan fingerprint density at radius 3 is 2.19 bits per heavy atom. The zero-order valence-corrected chi connectivity index (χ0v) is 19.3. The number of rotatable bonds is 3. The van der Waals surface area contributed by atoms with Crippen molar-refractivity contribution in [3.63, 3.8) is 0 Å². The maximum Gasteiger partial charge on any atom is 0.495 e. The predicted molar refractivity (Wildman–Crippen MR) is 111 cm³/mol. The number of fused-ring (bicyclic) bond motifs is 1. The molecule has 0 amide bonds. The van der Waals surface area contributed by atoms with Crippen molar-refractivity contribution in [3.05, 3.63) is 29.1 Å². The van der Waals surface area contributed by atoms with Gasteiger partial charge in [-0.2, -0.15) is 0 Å². The molecule has 0 aromatic heterocycles. The van der Waals surface area contributed by atoms with Gasteiger partial charge >= 0.3 is 7.12 Å². The van der Waals surface area contributed by atoms with Gasteiger partial charge in [-0.3, -0.25) is 0 Å². The number of benzene rings is 1. The van der Waals surface area contributed by atoms with Gasteiger partial charge in [-0.1, -0.05) is 26.8 Å². The highest BCUT2D eigenvalue weighted by molar-refractivity contribution is 6.74. The van der Waals surface area contributed by atoms with Gasteiger partial charge in [0.1, 0.15) is 5.82 Å². The fourth-order valence-corrected chi connectivity index (χ4v) is 4.84. The third kappa shape index (κ3) is 3.54. The fourth-order valence-electron chi connectivity index (χ4n) is 3.54. The Morgan fingerprint density at radius 2 is 1.67 bits per heavy atom. The van der Waals surface area contributed by atoms with Crippen LogP contribution in [0.2, 0.25) is 18.1 Å². The summed E-state index contributed by atoms with van der Waals surface area (Å²) >= 11 is 0. The molecule has 0 N–H and O–H groups in total.